The predicted molar refractivity (Wildman–Crippen MR) is 107 cm³/mol. The van der Waals surface area contributed by atoms with Crippen LogP contribution in [-0.4, -0.2) is 44.4 Å². The average molecular weight is 397 g/mol. The quantitative estimate of drug-likeness (QED) is 0.602. The largest absolute Gasteiger partial charge is 0.467 e. The highest BCUT2D eigenvalue weighted by atomic mass is 16.5. The van der Waals surface area contributed by atoms with Gasteiger partial charge in [-0.3, -0.25) is 14.2 Å². The first-order valence-corrected chi connectivity index (χ1v) is 9.32. The molecule has 2 atom stereocenters. The molecule has 0 aliphatic carbocycles. The SMILES string of the molecule is CCC(C)C(NC(=O)Cn1cnc2c(cnn2-c2ccccc2)c1=O)C(=O)OC. The maximum Gasteiger partial charge on any atom is 0.328 e. The van der Waals surface area contributed by atoms with Gasteiger partial charge in [-0.15, -0.1) is 0 Å². The molecule has 0 bridgehead atoms. The first-order valence-electron chi connectivity index (χ1n) is 9.32. The summed E-state index contributed by atoms with van der Waals surface area (Å²) in [4.78, 5) is 41.5. The van der Waals surface area contributed by atoms with E-state index in [0.29, 0.717) is 17.5 Å². The zero-order valence-corrected chi connectivity index (χ0v) is 16.5. The fourth-order valence-corrected chi connectivity index (χ4v) is 2.99. The highest BCUT2D eigenvalue weighted by Crippen LogP contribution is 2.13. The van der Waals surface area contributed by atoms with E-state index in [2.05, 4.69) is 15.4 Å². The Morgan fingerprint density at radius 2 is 1.97 bits per heavy atom. The average Bonchev–Trinajstić information content (AvgIpc) is 3.18. The minimum atomic E-state index is -0.772. The third-order valence-electron chi connectivity index (χ3n) is 4.85. The van der Waals surface area contributed by atoms with E-state index in [4.69, 9.17) is 4.74 Å². The number of aromatic nitrogens is 4. The molecule has 3 aromatic rings. The van der Waals surface area contributed by atoms with Gasteiger partial charge in [0.1, 0.15) is 24.3 Å². The van der Waals surface area contributed by atoms with Crippen molar-refractivity contribution in [3.05, 3.63) is 53.2 Å². The molecule has 0 aliphatic rings. The molecule has 1 N–H and O–H groups in total. The van der Waals surface area contributed by atoms with Gasteiger partial charge in [-0.2, -0.15) is 5.10 Å². The number of amides is 1. The van der Waals surface area contributed by atoms with E-state index in [1.54, 1.807) is 4.68 Å². The van der Waals surface area contributed by atoms with Crippen molar-refractivity contribution in [1.29, 1.82) is 0 Å². The standard InChI is InChI=1S/C20H23N5O4/c1-4-13(2)17(20(28)29-3)23-16(26)11-24-12-21-18-15(19(24)27)10-22-25(18)14-8-6-5-7-9-14/h5-10,12-13,17H,4,11H2,1-3H3,(H,23,26). The van der Waals surface area contributed by atoms with Gasteiger partial charge >= 0.3 is 5.97 Å². The molecule has 2 unspecified atom stereocenters. The molecule has 1 aromatic carbocycles. The maximum atomic E-state index is 12.8. The van der Waals surface area contributed by atoms with Gasteiger partial charge in [0, 0.05) is 0 Å². The Kier molecular flexibility index (Phi) is 6.06. The van der Waals surface area contributed by atoms with E-state index in [-0.39, 0.29) is 18.0 Å². The molecule has 0 saturated carbocycles. The van der Waals surface area contributed by atoms with Crippen molar-refractivity contribution in [2.75, 3.05) is 7.11 Å². The number of rotatable bonds is 7. The van der Waals surface area contributed by atoms with Gasteiger partial charge in [-0.1, -0.05) is 38.5 Å². The zero-order chi connectivity index (χ0) is 21.0. The first-order chi connectivity index (χ1) is 14.0. The second-order valence-electron chi connectivity index (χ2n) is 6.76. The lowest BCUT2D eigenvalue weighted by Crippen LogP contribution is -2.47. The lowest BCUT2D eigenvalue weighted by molar-refractivity contribution is -0.146. The van der Waals surface area contributed by atoms with Crippen LogP contribution in [-0.2, 0) is 20.9 Å². The summed E-state index contributed by atoms with van der Waals surface area (Å²) in [6.07, 6.45) is 3.43. The van der Waals surface area contributed by atoms with Gasteiger partial charge in [0.25, 0.3) is 5.56 Å². The van der Waals surface area contributed by atoms with Gasteiger partial charge in [0.15, 0.2) is 5.65 Å². The number of methoxy groups -OCH3 is 1. The van der Waals surface area contributed by atoms with Crippen molar-refractivity contribution in [3.8, 4) is 5.69 Å². The Bertz CT molecular complexity index is 1070. The number of hydrogen-bond donors (Lipinski definition) is 1. The molecule has 0 aliphatic heterocycles. The highest BCUT2D eigenvalue weighted by Gasteiger charge is 2.26. The van der Waals surface area contributed by atoms with E-state index in [1.807, 2.05) is 44.2 Å². The van der Waals surface area contributed by atoms with Crippen molar-refractivity contribution >= 4 is 22.9 Å². The fraction of sp³-hybridized carbons (Fsp3) is 0.350. The van der Waals surface area contributed by atoms with Crippen molar-refractivity contribution < 1.29 is 14.3 Å². The number of para-hydroxylation sites is 1. The van der Waals surface area contributed by atoms with Crippen LogP contribution < -0.4 is 10.9 Å². The molecule has 29 heavy (non-hydrogen) atoms. The van der Waals surface area contributed by atoms with Crippen LogP contribution in [0, 0.1) is 5.92 Å². The lowest BCUT2D eigenvalue weighted by Gasteiger charge is -2.21. The summed E-state index contributed by atoms with van der Waals surface area (Å²) in [5.74, 6) is -1.09. The van der Waals surface area contributed by atoms with Crippen molar-refractivity contribution in [3.63, 3.8) is 0 Å². The lowest BCUT2D eigenvalue weighted by atomic mass is 9.99. The molecule has 0 fully saturated rings. The van der Waals surface area contributed by atoms with Crippen LogP contribution >= 0.6 is 0 Å². The summed E-state index contributed by atoms with van der Waals surface area (Å²) >= 11 is 0. The van der Waals surface area contributed by atoms with Gasteiger partial charge < -0.3 is 10.1 Å². The maximum absolute atomic E-state index is 12.8. The molecular weight excluding hydrogens is 374 g/mol. The number of carbonyl (C=O) groups excluding carboxylic acids is 2. The minimum absolute atomic E-state index is 0.104. The minimum Gasteiger partial charge on any atom is -0.467 e. The van der Waals surface area contributed by atoms with E-state index < -0.39 is 17.9 Å². The van der Waals surface area contributed by atoms with Crippen LogP contribution in [0.15, 0.2) is 47.7 Å². The Morgan fingerprint density at radius 1 is 1.24 bits per heavy atom. The Balaban J connectivity index is 1.84. The topological polar surface area (TPSA) is 108 Å². The molecular formula is C20H23N5O4. The number of benzene rings is 1. The molecule has 3 rings (SSSR count). The fourth-order valence-electron chi connectivity index (χ4n) is 2.99. The Labute approximate surface area is 167 Å². The highest BCUT2D eigenvalue weighted by molar-refractivity contribution is 5.84. The number of nitrogens with one attached hydrogen (secondary N) is 1. The second kappa shape index (κ2) is 8.68. The van der Waals surface area contributed by atoms with E-state index in [9.17, 15) is 14.4 Å². The summed E-state index contributed by atoms with van der Waals surface area (Å²) < 4.78 is 7.53. The molecule has 0 saturated heterocycles. The molecule has 0 spiro atoms. The normalized spacial score (nSPS) is 13.1. The van der Waals surface area contributed by atoms with Crippen molar-refractivity contribution in [1.82, 2.24) is 24.6 Å². The van der Waals surface area contributed by atoms with Crippen LogP contribution in [0.2, 0.25) is 0 Å². The number of carbonyl (C=O) groups is 2. The van der Waals surface area contributed by atoms with Gasteiger partial charge in [-0.25, -0.2) is 14.5 Å². The number of fused-ring (bicyclic) bond motifs is 1. The summed E-state index contributed by atoms with van der Waals surface area (Å²) in [6, 6.07) is 8.55. The van der Waals surface area contributed by atoms with Gasteiger partial charge in [0.2, 0.25) is 5.91 Å². The third-order valence-corrected chi connectivity index (χ3v) is 4.85. The molecule has 2 aromatic heterocycles. The van der Waals surface area contributed by atoms with Gasteiger partial charge in [-0.05, 0) is 18.1 Å². The second-order valence-corrected chi connectivity index (χ2v) is 6.76. The Hall–Kier alpha value is -3.49. The first kappa shape index (κ1) is 20.2. The van der Waals surface area contributed by atoms with Gasteiger partial charge in [0.05, 0.1) is 19.0 Å². The molecule has 0 radical (unpaired) electrons. The number of hydrogen-bond acceptors (Lipinski definition) is 6. The van der Waals surface area contributed by atoms with E-state index >= 15 is 0 Å². The van der Waals surface area contributed by atoms with Crippen molar-refractivity contribution in [2.24, 2.45) is 5.92 Å². The van der Waals surface area contributed by atoms with Crippen LogP contribution in [0.5, 0.6) is 0 Å². The monoisotopic (exact) mass is 397 g/mol. The number of ether oxygens (including phenoxy) is 1. The van der Waals surface area contributed by atoms with Crippen LogP contribution in [0.1, 0.15) is 20.3 Å². The van der Waals surface area contributed by atoms with Crippen LogP contribution in [0.3, 0.4) is 0 Å². The van der Waals surface area contributed by atoms with Crippen molar-refractivity contribution in [2.45, 2.75) is 32.9 Å². The summed E-state index contributed by atoms with van der Waals surface area (Å²) in [7, 11) is 1.27. The zero-order valence-electron chi connectivity index (χ0n) is 16.5. The molecule has 1 amide bonds. The van der Waals surface area contributed by atoms with E-state index in [0.717, 1.165) is 5.69 Å². The Morgan fingerprint density at radius 3 is 2.62 bits per heavy atom. The summed E-state index contributed by atoms with van der Waals surface area (Å²) in [6.45, 7) is 3.50. The molecule has 152 valence electrons. The third kappa shape index (κ3) is 4.18. The molecule has 2 heterocycles. The summed E-state index contributed by atoms with van der Waals surface area (Å²) in [5, 5.41) is 7.20. The van der Waals surface area contributed by atoms with Crippen LogP contribution in [0.25, 0.3) is 16.7 Å². The number of esters is 1. The molecule has 9 nitrogen and oxygen atoms in total. The smallest absolute Gasteiger partial charge is 0.328 e. The van der Waals surface area contributed by atoms with Crippen LogP contribution in [0.4, 0.5) is 0 Å². The number of nitrogens with zero attached hydrogens (tertiary/aromatic N) is 4. The van der Waals surface area contributed by atoms with E-state index in [1.165, 1.54) is 24.2 Å². The molecule has 9 heteroatoms. The predicted octanol–water partition coefficient (Wildman–Crippen LogP) is 1.29. The summed E-state index contributed by atoms with van der Waals surface area (Å²) in [5.41, 5.74) is 0.801.